The van der Waals surface area contributed by atoms with Gasteiger partial charge in [-0.05, 0) is 24.2 Å². The van der Waals surface area contributed by atoms with Gasteiger partial charge in [0.1, 0.15) is 0 Å². The standard InChI is InChI=1S/C15H32N2/c1-4-5-6-9-15(2,3)12-17-11-14(16)10-13-7-8-13/h13-14,17H,4-12,16H2,1-3H3. The van der Waals surface area contributed by atoms with Gasteiger partial charge in [0.05, 0.1) is 0 Å². The number of rotatable bonds is 10. The van der Waals surface area contributed by atoms with Crippen LogP contribution in [0.15, 0.2) is 0 Å². The zero-order chi connectivity index (χ0) is 12.7. The summed E-state index contributed by atoms with van der Waals surface area (Å²) in [5.41, 5.74) is 6.53. The highest BCUT2D eigenvalue weighted by molar-refractivity contribution is 4.80. The first-order valence-electron chi connectivity index (χ1n) is 7.50. The van der Waals surface area contributed by atoms with Gasteiger partial charge in [0.15, 0.2) is 0 Å². The molecule has 1 fully saturated rings. The van der Waals surface area contributed by atoms with Gasteiger partial charge in [-0.3, -0.25) is 0 Å². The number of nitrogens with two attached hydrogens (primary N) is 1. The molecule has 0 saturated heterocycles. The Morgan fingerprint density at radius 3 is 2.59 bits per heavy atom. The van der Waals surface area contributed by atoms with Gasteiger partial charge in [-0.25, -0.2) is 0 Å². The monoisotopic (exact) mass is 240 g/mol. The highest BCUT2D eigenvalue weighted by Gasteiger charge is 2.24. The second-order valence-corrected chi connectivity index (χ2v) is 6.69. The van der Waals surface area contributed by atoms with Crippen molar-refractivity contribution in [1.82, 2.24) is 5.32 Å². The highest BCUT2D eigenvalue weighted by Crippen LogP contribution is 2.33. The van der Waals surface area contributed by atoms with Crippen LogP contribution in [0.25, 0.3) is 0 Å². The smallest absolute Gasteiger partial charge is 0.0167 e. The molecule has 0 amide bonds. The predicted octanol–water partition coefficient (Wildman–Crippen LogP) is 3.31. The molecule has 0 spiro atoms. The van der Waals surface area contributed by atoms with Crippen LogP contribution in [0.4, 0.5) is 0 Å². The van der Waals surface area contributed by atoms with Crippen molar-refractivity contribution in [2.75, 3.05) is 13.1 Å². The van der Waals surface area contributed by atoms with E-state index in [1.165, 1.54) is 44.9 Å². The normalized spacial score (nSPS) is 18.4. The lowest BCUT2D eigenvalue weighted by molar-refractivity contribution is 0.298. The number of unbranched alkanes of at least 4 members (excludes halogenated alkanes) is 2. The summed E-state index contributed by atoms with van der Waals surface area (Å²) >= 11 is 0. The molecule has 0 aromatic heterocycles. The Hall–Kier alpha value is -0.0800. The molecule has 17 heavy (non-hydrogen) atoms. The maximum Gasteiger partial charge on any atom is 0.0167 e. The van der Waals surface area contributed by atoms with Crippen LogP contribution in [-0.2, 0) is 0 Å². The fourth-order valence-electron chi connectivity index (χ4n) is 2.40. The molecule has 2 nitrogen and oxygen atoms in total. The Balaban J connectivity index is 2.02. The Morgan fingerprint density at radius 2 is 2.00 bits per heavy atom. The van der Waals surface area contributed by atoms with Gasteiger partial charge < -0.3 is 11.1 Å². The molecular formula is C15H32N2. The molecule has 2 heteroatoms. The lowest BCUT2D eigenvalue weighted by atomic mass is 9.87. The third-order valence-corrected chi connectivity index (χ3v) is 3.80. The molecule has 0 aliphatic heterocycles. The summed E-state index contributed by atoms with van der Waals surface area (Å²) in [7, 11) is 0. The van der Waals surface area contributed by atoms with E-state index in [4.69, 9.17) is 5.73 Å². The van der Waals surface area contributed by atoms with Crippen LogP contribution in [0.5, 0.6) is 0 Å². The van der Waals surface area contributed by atoms with Crippen LogP contribution in [0.3, 0.4) is 0 Å². The van der Waals surface area contributed by atoms with Gasteiger partial charge in [-0.2, -0.15) is 0 Å². The summed E-state index contributed by atoms with van der Waals surface area (Å²) in [5.74, 6) is 0.948. The van der Waals surface area contributed by atoms with Crippen LogP contribution in [0.2, 0.25) is 0 Å². The first kappa shape index (κ1) is 15.0. The maximum absolute atomic E-state index is 6.10. The largest absolute Gasteiger partial charge is 0.327 e. The van der Waals surface area contributed by atoms with Crippen molar-refractivity contribution in [2.24, 2.45) is 17.1 Å². The van der Waals surface area contributed by atoms with Crippen LogP contribution in [0, 0.1) is 11.3 Å². The van der Waals surface area contributed by atoms with Crippen LogP contribution >= 0.6 is 0 Å². The van der Waals surface area contributed by atoms with E-state index in [-0.39, 0.29) is 0 Å². The van der Waals surface area contributed by atoms with Gasteiger partial charge in [0.25, 0.3) is 0 Å². The summed E-state index contributed by atoms with van der Waals surface area (Å²) in [4.78, 5) is 0. The molecule has 0 bridgehead atoms. The molecule has 3 N–H and O–H groups in total. The topological polar surface area (TPSA) is 38.0 Å². The minimum Gasteiger partial charge on any atom is -0.327 e. The zero-order valence-corrected chi connectivity index (χ0v) is 12.1. The second-order valence-electron chi connectivity index (χ2n) is 6.69. The molecule has 0 radical (unpaired) electrons. The van der Waals surface area contributed by atoms with E-state index in [9.17, 15) is 0 Å². The molecule has 1 aliphatic carbocycles. The van der Waals surface area contributed by atoms with Crippen LogP contribution < -0.4 is 11.1 Å². The average molecular weight is 240 g/mol. The van der Waals surface area contributed by atoms with Crippen molar-refractivity contribution in [2.45, 2.75) is 71.8 Å². The Bertz CT molecular complexity index is 197. The molecular weight excluding hydrogens is 208 g/mol. The lowest BCUT2D eigenvalue weighted by Crippen LogP contribution is -2.38. The Morgan fingerprint density at radius 1 is 1.29 bits per heavy atom. The van der Waals surface area contributed by atoms with E-state index >= 15 is 0 Å². The SMILES string of the molecule is CCCCCC(C)(C)CNCC(N)CC1CC1. The van der Waals surface area contributed by atoms with Crippen molar-refractivity contribution in [3.05, 3.63) is 0 Å². The Kier molecular flexibility index (Phi) is 6.50. The van der Waals surface area contributed by atoms with Gasteiger partial charge in [0, 0.05) is 19.1 Å². The lowest BCUT2D eigenvalue weighted by Gasteiger charge is -2.26. The first-order chi connectivity index (χ1) is 8.03. The Labute approximate surface area is 108 Å². The molecule has 0 aromatic carbocycles. The van der Waals surface area contributed by atoms with Crippen LogP contribution in [-0.4, -0.2) is 19.1 Å². The van der Waals surface area contributed by atoms with E-state index in [1.807, 2.05) is 0 Å². The molecule has 0 aromatic rings. The fraction of sp³-hybridized carbons (Fsp3) is 1.00. The number of hydrogen-bond donors (Lipinski definition) is 2. The van der Waals surface area contributed by atoms with Crippen LogP contribution in [0.1, 0.15) is 65.7 Å². The molecule has 0 heterocycles. The van der Waals surface area contributed by atoms with Crippen molar-refractivity contribution < 1.29 is 0 Å². The van der Waals surface area contributed by atoms with Crippen molar-refractivity contribution in [1.29, 1.82) is 0 Å². The van der Waals surface area contributed by atoms with E-state index in [0.29, 0.717) is 11.5 Å². The molecule has 1 rings (SSSR count). The minimum absolute atomic E-state index is 0.369. The van der Waals surface area contributed by atoms with E-state index < -0.39 is 0 Å². The summed E-state index contributed by atoms with van der Waals surface area (Å²) in [6, 6.07) is 0.369. The third-order valence-electron chi connectivity index (χ3n) is 3.80. The van der Waals surface area contributed by atoms with Crippen molar-refractivity contribution >= 4 is 0 Å². The van der Waals surface area contributed by atoms with Crippen molar-refractivity contribution in [3.8, 4) is 0 Å². The van der Waals surface area contributed by atoms with E-state index in [1.54, 1.807) is 0 Å². The first-order valence-corrected chi connectivity index (χ1v) is 7.50. The third kappa shape index (κ3) is 7.77. The minimum atomic E-state index is 0.369. The quantitative estimate of drug-likeness (QED) is 0.575. The summed E-state index contributed by atoms with van der Waals surface area (Å²) < 4.78 is 0. The molecule has 1 aliphatic rings. The number of hydrogen-bond acceptors (Lipinski definition) is 2. The second kappa shape index (κ2) is 7.38. The van der Waals surface area contributed by atoms with Gasteiger partial charge in [-0.1, -0.05) is 52.9 Å². The van der Waals surface area contributed by atoms with Gasteiger partial charge >= 0.3 is 0 Å². The van der Waals surface area contributed by atoms with Gasteiger partial charge in [-0.15, -0.1) is 0 Å². The van der Waals surface area contributed by atoms with Gasteiger partial charge in [0.2, 0.25) is 0 Å². The average Bonchev–Trinajstić information content (AvgIpc) is 3.01. The fourth-order valence-corrected chi connectivity index (χ4v) is 2.40. The molecule has 102 valence electrons. The molecule has 1 atom stereocenters. The summed E-state index contributed by atoms with van der Waals surface area (Å²) in [5, 5.41) is 3.56. The zero-order valence-electron chi connectivity index (χ0n) is 12.1. The highest BCUT2D eigenvalue weighted by atomic mass is 14.9. The van der Waals surface area contributed by atoms with Crippen molar-refractivity contribution in [3.63, 3.8) is 0 Å². The summed E-state index contributed by atoms with van der Waals surface area (Å²) in [6.07, 6.45) is 9.42. The predicted molar refractivity (Wildman–Crippen MR) is 76.1 cm³/mol. The molecule has 1 saturated carbocycles. The number of nitrogens with one attached hydrogen (secondary N) is 1. The molecule has 1 unspecified atom stereocenters. The van der Waals surface area contributed by atoms with E-state index in [2.05, 4.69) is 26.1 Å². The summed E-state index contributed by atoms with van der Waals surface area (Å²) in [6.45, 7) is 9.09. The maximum atomic E-state index is 6.10. The van der Waals surface area contributed by atoms with E-state index in [0.717, 1.165) is 19.0 Å².